The second kappa shape index (κ2) is 5.73. The molecular weight excluding hydrogens is 283 g/mol. The van der Waals surface area contributed by atoms with Crippen molar-refractivity contribution < 1.29 is 12.8 Å². The third-order valence-corrected chi connectivity index (χ3v) is 3.64. The first-order valence-corrected chi connectivity index (χ1v) is 7.02. The van der Waals surface area contributed by atoms with Crippen LogP contribution < -0.4 is 10.5 Å². The highest BCUT2D eigenvalue weighted by molar-refractivity contribution is 7.92. The van der Waals surface area contributed by atoms with E-state index in [9.17, 15) is 12.8 Å². The number of anilines is 1. The van der Waals surface area contributed by atoms with Crippen molar-refractivity contribution in [2.45, 2.75) is 4.90 Å². The van der Waals surface area contributed by atoms with Crippen molar-refractivity contribution in [2.75, 3.05) is 11.3 Å². The van der Waals surface area contributed by atoms with Crippen LogP contribution >= 0.6 is 0 Å². The second-order valence-electron chi connectivity index (χ2n) is 3.69. The number of halogens is 1. The summed E-state index contributed by atoms with van der Waals surface area (Å²) in [4.78, 5) is 6.10. The van der Waals surface area contributed by atoms with Gasteiger partial charge in [-0.1, -0.05) is 11.8 Å². The largest absolute Gasteiger partial charge is 0.330 e. The van der Waals surface area contributed by atoms with Crippen LogP contribution in [-0.4, -0.2) is 24.9 Å². The van der Waals surface area contributed by atoms with Gasteiger partial charge in [-0.05, 0) is 18.2 Å². The highest BCUT2D eigenvalue weighted by Gasteiger charge is 2.17. The Hall–Kier alpha value is -2.37. The Morgan fingerprint density at radius 1 is 1.45 bits per heavy atom. The maximum atomic E-state index is 13.7. The van der Waals surface area contributed by atoms with Gasteiger partial charge in [-0.25, -0.2) is 22.5 Å². The molecule has 0 saturated heterocycles. The van der Waals surface area contributed by atoms with Crippen LogP contribution in [-0.2, 0) is 10.0 Å². The smallest absolute Gasteiger partial charge is 0.264 e. The Bertz CT molecular complexity index is 760. The Labute approximate surface area is 115 Å². The molecule has 1 aromatic carbocycles. The minimum atomic E-state index is -3.90. The first-order chi connectivity index (χ1) is 9.53. The van der Waals surface area contributed by atoms with Gasteiger partial charge in [-0.15, -0.1) is 0 Å². The number of hydrogen-bond acceptors (Lipinski definition) is 4. The lowest BCUT2D eigenvalue weighted by atomic mass is 10.2. The normalized spacial score (nSPS) is 10.7. The Morgan fingerprint density at radius 2 is 2.25 bits per heavy atom. The van der Waals surface area contributed by atoms with Crippen molar-refractivity contribution in [3.05, 3.63) is 42.0 Å². The van der Waals surface area contributed by atoms with Crippen LogP contribution in [0.1, 0.15) is 5.56 Å². The minimum Gasteiger partial charge on any atom is -0.330 e. The number of aromatic amines is 1. The highest BCUT2D eigenvalue weighted by Crippen LogP contribution is 2.16. The molecule has 20 heavy (non-hydrogen) atoms. The molecule has 8 heteroatoms. The van der Waals surface area contributed by atoms with Crippen molar-refractivity contribution in [1.29, 1.82) is 0 Å². The van der Waals surface area contributed by atoms with E-state index >= 15 is 0 Å². The van der Waals surface area contributed by atoms with E-state index in [2.05, 4.69) is 26.5 Å². The molecule has 0 aliphatic rings. The number of hydrogen-bond donors (Lipinski definition) is 3. The molecule has 0 radical (unpaired) electrons. The van der Waals surface area contributed by atoms with Gasteiger partial charge in [0.25, 0.3) is 10.0 Å². The summed E-state index contributed by atoms with van der Waals surface area (Å²) in [5.41, 5.74) is 5.28. The van der Waals surface area contributed by atoms with Gasteiger partial charge in [0.15, 0.2) is 0 Å². The third-order valence-electron chi connectivity index (χ3n) is 2.31. The summed E-state index contributed by atoms with van der Waals surface area (Å²) in [5.74, 6) is 4.34. The van der Waals surface area contributed by atoms with Gasteiger partial charge in [0, 0.05) is 12.4 Å². The summed E-state index contributed by atoms with van der Waals surface area (Å²) in [6.45, 7) is 0.0968. The monoisotopic (exact) mass is 294 g/mol. The lowest BCUT2D eigenvalue weighted by Crippen LogP contribution is -2.14. The number of rotatable bonds is 3. The molecule has 6 nitrogen and oxygen atoms in total. The van der Waals surface area contributed by atoms with Crippen molar-refractivity contribution in [3.8, 4) is 11.8 Å². The van der Waals surface area contributed by atoms with Crippen LogP contribution in [0.25, 0.3) is 0 Å². The number of nitrogens with one attached hydrogen (secondary N) is 2. The average molecular weight is 294 g/mol. The minimum absolute atomic E-state index is 0.0532. The van der Waals surface area contributed by atoms with Crippen molar-refractivity contribution in [3.63, 3.8) is 0 Å². The van der Waals surface area contributed by atoms with E-state index in [1.165, 1.54) is 24.5 Å². The van der Waals surface area contributed by atoms with Gasteiger partial charge >= 0.3 is 0 Å². The molecule has 0 atom stereocenters. The molecule has 0 fully saturated rings. The number of nitrogens with zero attached hydrogens (tertiary/aromatic N) is 1. The third kappa shape index (κ3) is 3.14. The zero-order chi connectivity index (χ0) is 14.6. The Kier molecular flexibility index (Phi) is 4.02. The van der Waals surface area contributed by atoms with Crippen molar-refractivity contribution in [2.24, 2.45) is 5.73 Å². The molecular formula is C12H11FN4O2S. The maximum absolute atomic E-state index is 13.7. The number of imidazole rings is 1. The van der Waals surface area contributed by atoms with E-state index in [1.54, 1.807) is 0 Å². The number of H-pyrrole nitrogens is 1. The topological polar surface area (TPSA) is 101 Å². The maximum Gasteiger partial charge on any atom is 0.264 e. The quantitative estimate of drug-likeness (QED) is 0.724. The molecule has 0 amide bonds. The SMILES string of the molecule is NCC#Cc1ccc(S(=O)(=O)Nc2ncc[nH]2)cc1F. The van der Waals surface area contributed by atoms with Gasteiger partial charge in [-0.3, -0.25) is 0 Å². The number of aromatic nitrogens is 2. The molecule has 0 spiro atoms. The standard InChI is InChI=1S/C12H11FN4O2S/c13-11-8-10(4-3-9(11)2-1-5-14)20(18,19)17-12-15-6-7-16-12/h3-4,6-8H,5,14H2,(H2,15,16,17). The molecule has 104 valence electrons. The predicted octanol–water partition coefficient (Wildman–Crippen LogP) is 0.660. The van der Waals surface area contributed by atoms with E-state index in [-0.39, 0.29) is 23.0 Å². The number of nitrogens with two attached hydrogens (primary N) is 1. The van der Waals surface area contributed by atoms with Crippen molar-refractivity contribution >= 4 is 16.0 Å². The van der Waals surface area contributed by atoms with Crippen LogP contribution in [0.4, 0.5) is 10.3 Å². The van der Waals surface area contributed by atoms with E-state index in [0.717, 1.165) is 6.07 Å². The van der Waals surface area contributed by atoms with E-state index in [4.69, 9.17) is 5.73 Å². The van der Waals surface area contributed by atoms with Gasteiger partial charge in [0.1, 0.15) is 5.82 Å². The van der Waals surface area contributed by atoms with E-state index in [1.807, 2.05) is 0 Å². The van der Waals surface area contributed by atoms with E-state index < -0.39 is 15.8 Å². The lowest BCUT2D eigenvalue weighted by Gasteiger charge is -2.06. The van der Waals surface area contributed by atoms with Crippen LogP contribution in [0.3, 0.4) is 0 Å². The fraction of sp³-hybridized carbons (Fsp3) is 0.0833. The molecule has 0 aliphatic carbocycles. The molecule has 0 aliphatic heterocycles. The summed E-state index contributed by atoms with van der Waals surface area (Å²) >= 11 is 0. The van der Waals surface area contributed by atoms with Crippen LogP contribution in [0.5, 0.6) is 0 Å². The zero-order valence-electron chi connectivity index (χ0n) is 10.2. The number of sulfonamides is 1. The molecule has 0 saturated carbocycles. The van der Waals surface area contributed by atoms with Crippen molar-refractivity contribution in [1.82, 2.24) is 9.97 Å². The fourth-order valence-corrected chi connectivity index (χ4v) is 2.41. The summed E-state index contributed by atoms with van der Waals surface area (Å²) in [6.07, 6.45) is 2.86. The fourth-order valence-electron chi connectivity index (χ4n) is 1.42. The highest BCUT2D eigenvalue weighted by atomic mass is 32.2. The molecule has 4 N–H and O–H groups in total. The molecule has 1 heterocycles. The van der Waals surface area contributed by atoms with Gasteiger partial charge in [-0.2, -0.15) is 0 Å². The summed E-state index contributed by atoms with van der Waals surface area (Å²) < 4.78 is 39.9. The predicted molar refractivity (Wildman–Crippen MR) is 71.7 cm³/mol. The Balaban J connectivity index is 2.31. The molecule has 0 bridgehead atoms. The van der Waals surface area contributed by atoms with E-state index in [0.29, 0.717) is 0 Å². The molecule has 0 unspecified atom stereocenters. The Morgan fingerprint density at radius 3 is 2.85 bits per heavy atom. The summed E-state index contributed by atoms with van der Waals surface area (Å²) in [5, 5.41) is 0. The number of benzene rings is 1. The van der Waals surface area contributed by atoms with Crippen LogP contribution in [0, 0.1) is 17.7 Å². The molecule has 2 rings (SSSR count). The summed E-state index contributed by atoms with van der Waals surface area (Å²) in [6, 6.07) is 3.44. The van der Waals surface area contributed by atoms with Crippen LogP contribution in [0.15, 0.2) is 35.5 Å². The first kappa shape index (κ1) is 14.0. The van der Waals surface area contributed by atoms with Gasteiger partial charge in [0.2, 0.25) is 5.95 Å². The van der Waals surface area contributed by atoms with Gasteiger partial charge in [0.05, 0.1) is 17.0 Å². The average Bonchev–Trinajstić information content (AvgIpc) is 2.89. The lowest BCUT2D eigenvalue weighted by molar-refractivity contribution is 0.594. The van der Waals surface area contributed by atoms with Crippen LogP contribution in [0.2, 0.25) is 0 Å². The summed E-state index contributed by atoms with van der Waals surface area (Å²) in [7, 11) is -3.90. The first-order valence-electron chi connectivity index (χ1n) is 5.53. The second-order valence-corrected chi connectivity index (χ2v) is 5.37. The molecule has 1 aromatic heterocycles. The van der Waals surface area contributed by atoms with Gasteiger partial charge < -0.3 is 10.7 Å². The zero-order valence-corrected chi connectivity index (χ0v) is 11.0. The molecule has 2 aromatic rings.